The molecule has 0 aromatic heterocycles. The Morgan fingerprint density at radius 3 is 2.38 bits per heavy atom. The standard InChI is InChI=1S/C18H27F3N4O2S.HI/c1-4-22-17(23-12-15-6-5-13(2)11-14(15)3)24-16-7-9-25(10-8-16)28(26,27)18(19,20)21;/h5-6,11,16H,4,7-10,12H2,1-3H3,(H2,22,23,24);1H. The lowest BCUT2D eigenvalue weighted by atomic mass is 10.1. The molecule has 2 N–H and O–H groups in total. The van der Waals surface area contributed by atoms with Gasteiger partial charge in [-0.25, -0.2) is 13.4 Å². The van der Waals surface area contributed by atoms with E-state index in [1.807, 2.05) is 32.9 Å². The monoisotopic (exact) mass is 548 g/mol. The Balaban J connectivity index is 0.00000420. The third kappa shape index (κ3) is 6.99. The molecule has 2 rings (SSSR count). The van der Waals surface area contributed by atoms with Gasteiger partial charge in [-0.3, -0.25) is 0 Å². The van der Waals surface area contributed by atoms with Gasteiger partial charge >= 0.3 is 15.5 Å². The van der Waals surface area contributed by atoms with Crippen molar-refractivity contribution in [2.45, 2.75) is 51.7 Å². The molecule has 11 heteroatoms. The number of aliphatic imine (C=N–C) groups is 1. The number of benzene rings is 1. The van der Waals surface area contributed by atoms with Gasteiger partial charge in [0.25, 0.3) is 0 Å². The molecule has 1 aromatic rings. The molecular weight excluding hydrogens is 520 g/mol. The van der Waals surface area contributed by atoms with Gasteiger partial charge in [0.2, 0.25) is 0 Å². The zero-order valence-corrected chi connectivity index (χ0v) is 19.9. The zero-order chi connectivity index (χ0) is 20.9. The largest absolute Gasteiger partial charge is 0.511 e. The summed E-state index contributed by atoms with van der Waals surface area (Å²) in [6, 6.07) is 5.99. The number of guanidine groups is 1. The van der Waals surface area contributed by atoms with Crippen LogP contribution < -0.4 is 10.6 Å². The van der Waals surface area contributed by atoms with Crippen LogP contribution in [0.3, 0.4) is 0 Å². The highest BCUT2D eigenvalue weighted by atomic mass is 127. The van der Waals surface area contributed by atoms with E-state index < -0.39 is 15.5 Å². The van der Waals surface area contributed by atoms with E-state index in [9.17, 15) is 21.6 Å². The average Bonchev–Trinajstić information content (AvgIpc) is 2.60. The Morgan fingerprint density at radius 1 is 1.24 bits per heavy atom. The first kappa shape index (κ1) is 26.0. The summed E-state index contributed by atoms with van der Waals surface area (Å²) in [5, 5.41) is 6.33. The smallest absolute Gasteiger partial charge is 0.357 e. The zero-order valence-electron chi connectivity index (χ0n) is 16.7. The van der Waals surface area contributed by atoms with Crippen molar-refractivity contribution >= 4 is 40.0 Å². The summed E-state index contributed by atoms with van der Waals surface area (Å²) in [6.07, 6.45) is 0.562. The molecule has 0 radical (unpaired) electrons. The van der Waals surface area contributed by atoms with Gasteiger partial charge < -0.3 is 10.6 Å². The summed E-state index contributed by atoms with van der Waals surface area (Å²) in [5.41, 5.74) is -1.84. The van der Waals surface area contributed by atoms with Crippen LogP contribution in [0.5, 0.6) is 0 Å². The number of alkyl halides is 3. The number of sulfonamides is 1. The minimum absolute atomic E-state index is 0. The highest BCUT2D eigenvalue weighted by molar-refractivity contribution is 14.0. The van der Waals surface area contributed by atoms with Crippen molar-refractivity contribution in [3.05, 3.63) is 34.9 Å². The van der Waals surface area contributed by atoms with Crippen molar-refractivity contribution < 1.29 is 21.6 Å². The van der Waals surface area contributed by atoms with Crippen LogP contribution in [0.1, 0.15) is 36.5 Å². The van der Waals surface area contributed by atoms with Crippen molar-refractivity contribution in [1.29, 1.82) is 0 Å². The quantitative estimate of drug-likeness (QED) is 0.337. The summed E-state index contributed by atoms with van der Waals surface area (Å²) in [6.45, 7) is 6.74. The maximum absolute atomic E-state index is 12.7. The Morgan fingerprint density at radius 2 is 1.86 bits per heavy atom. The number of halogens is 4. The molecule has 0 unspecified atom stereocenters. The third-order valence-corrected chi connectivity index (χ3v) is 6.31. The molecule has 0 atom stereocenters. The predicted molar refractivity (Wildman–Crippen MR) is 119 cm³/mol. The molecule has 166 valence electrons. The van der Waals surface area contributed by atoms with Gasteiger partial charge in [-0.1, -0.05) is 23.8 Å². The van der Waals surface area contributed by atoms with E-state index in [2.05, 4.69) is 21.7 Å². The summed E-state index contributed by atoms with van der Waals surface area (Å²) < 4.78 is 61.5. The van der Waals surface area contributed by atoms with Crippen molar-refractivity contribution in [1.82, 2.24) is 14.9 Å². The van der Waals surface area contributed by atoms with Gasteiger partial charge in [0.15, 0.2) is 5.96 Å². The Labute approximate surface area is 187 Å². The van der Waals surface area contributed by atoms with Crippen LogP contribution in [0.2, 0.25) is 0 Å². The Kier molecular flexibility index (Phi) is 9.67. The fourth-order valence-corrected chi connectivity index (χ4v) is 4.07. The summed E-state index contributed by atoms with van der Waals surface area (Å²) in [4.78, 5) is 4.56. The number of piperidine rings is 1. The van der Waals surface area contributed by atoms with Crippen LogP contribution >= 0.6 is 24.0 Å². The van der Waals surface area contributed by atoms with E-state index in [1.165, 1.54) is 5.56 Å². The van der Waals surface area contributed by atoms with E-state index in [-0.39, 0.29) is 55.9 Å². The highest BCUT2D eigenvalue weighted by Crippen LogP contribution is 2.28. The molecule has 0 saturated carbocycles. The van der Waals surface area contributed by atoms with Crippen LogP contribution in [0, 0.1) is 13.8 Å². The van der Waals surface area contributed by atoms with Crippen molar-refractivity contribution in [2.24, 2.45) is 4.99 Å². The second-order valence-corrected chi connectivity index (χ2v) is 8.82. The fourth-order valence-electron chi connectivity index (χ4n) is 3.09. The lowest BCUT2D eigenvalue weighted by Gasteiger charge is -2.32. The van der Waals surface area contributed by atoms with Crippen LogP contribution in [0.15, 0.2) is 23.2 Å². The average molecular weight is 548 g/mol. The second kappa shape index (κ2) is 10.8. The normalized spacial score (nSPS) is 17.0. The minimum Gasteiger partial charge on any atom is -0.357 e. The molecular formula is C18H28F3IN4O2S. The molecule has 0 aliphatic carbocycles. The molecule has 29 heavy (non-hydrogen) atoms. The highest BCUT2D eigenvalue weighted by Gasteiger charge is 2.50. The van der Waals surface area contributed by atoms with Gasteiger partial charge in [0.05, 0.1) is 6.54 Å². The first-order chi connectivity index (χ1) is 13.0. The van der Waals surface area contributed by atoms with Crippen molar-refractivity contribution in [3.8, 4) is 0 Å². The van der Waals surface area contributed by atoms with Gasteiger partial charge in [0, 0.05) is 25.7 Å². The number of hydrogen-bond donors (Lipinski definition) is 2. The molecule has 1 saturated heterocycles. The van der Waals surface area contributed by atoms with Crippen LogP contribution in [-0.4, -0.2) is 49.9 Å². The molecule has 1 heterocycles. The Bertz CT molecular complexity index is 808. The molecule has 1 aromatic carbocycles. The molecule has 1 aliphatic rings. The summed E-state index contributed by atoms with van der Waals surface area (Å²) in [7, 11) is -5.26. The van der Waals surface area contributed by atoms with E-state index in [4.69, 9.17) is 0 Å². The van der Waals surface area contributed by atoms with Gasteiger partial charge in [-0.15, -0.1) is 24.0 Å². The van der Waals surface area contributed by atoms with Gasteiger partial charge in [0.1, 0.15) is 0 Å². The first-order valence-electron chi connectivity index (χ1n) is 9.22. The van der Waals surface area contributed by atoms with E-state index in [0.717, 1.165) is 11.1 Å². The maximum Gasteiger partial charge on any atom is 0.511 e. The number of hydrogen-bond acceptors (Lipinski definition) is 3. The van der Waals surface area contributed by atoms with E-state index in [0.29, 0.717) is 23.4 Å². The van der Waals surface area contributed by atoms with E-state index in [1.54, 1.807) is 0 Å². The Hall–Kier alpha value is -1.08. The molecule has 6 nitrogen and oxygen atoms in total. The lowest BCUT2D eigenvalue weighted by Crippen LogP contribution is -2.51. The number of nitrogens with zero attached hydrogens (tertiary/aromatic N) is 2. The SMILES string of the molecule is CCNC(=NCc1ccc(C)cc1C)NC1CCN(S(=O)(=O)C(F)(F)F)CC1.I. The van der Waals surface area contributed by atoms with Crippen molar-refractivity contribution in [3.63, 3.8) is 0 Å². The van der Waals surface area contributed by atoms with E-state index >= 15 is 0 Å². The molecule has 0 spiro atoms. The van der Waals surface area contributed by atoms with Crippen LogP contribution in [0.25, 0.3) is 0 Å². The van der Waals surface area contributed by atoms with Gasteiger partial charge in [-0.05, 0) is 44.7 Å². The molecule has 0 amide bonds. The van der Waals surface area contributed by atoms with Crippen molar-refractivity contribution in [2.75, 3.05) is 19.6 Å². The first-order valence-corrected chi connectivity index (χ1v) is 10.7. The summed E-state index contributed by atoms with van der Waals surface area (Å²) in [5.74, 6) is 0.569. The van der Waals surface area contributed by atoms with Gasteiger partial charge in [-0.2, -0.15) is 17.5 Å². The number of aryl methyl sites for hydroxylation is 2. The number of nitrogens with one attached hydrogen (secondary N) is 2. The lowest BCUT2D eigenvalue weighted by molar-refractivity contribution is -0.0494. The second-order valence-electron chi connectivity index (χ2n) is 6.89. The van der Waals surface area contributed by atoms with Crippen LogP contribution in [-0.2, 0) is 16.6 Å². The molecule has 1 fully saturated rings. The fraction of sp³-hybridized carbons (Fsp3) is 0.611. The maximum atomic E-state index is 12.7. The molecule has 1 aliphatic heterocycles. The minimum atomic E-state index is -5.26. The molecule has 0 bridgehead atoms. The van der Waals surface area contributed by atoms with Crippen LogP contribution in [0.4, 0.5) is 13.2 Å². The third-order valence-electron chi connectivity index (χ3n) is 4.68. The predicted octanol–water partition coefficient (Wildman–Crippen LogP) is 3.29. The summed E-state index contributed by atoms with van der Waals surface area (Å²) >= 11 is 0. The topological polar surface area (TPSA) is 73.8 Å². The number of rotatable bonds is 5.